The van der Waals surface area contributed by atoms with Gasteiger partial charge >= 0.3 is 0 Å². The van der Waals surface area contributed by atoms with Crippen molar-refractivity contribution in [1.29, 1.82) is 0 Å². The number of nitrogens with one attached hydrogen (secondary N) is 1. The molecule has 0 bridgehead atoms. The van der Waals surface area contributed by atoms with Crippen LogP contribution in [0.1, 0.15) is 61.3 Å². The average molecular weight is 475 g/mol. The average Bonchev–Trinajstić information content (AvgIpc) is 2.76. The van der Waals surface area contributed by atoms with Crippen LogP contribution < -0.4 is 5.32 Å². The van der Waals surface area contributed by atoms with Gasteiger partial charge in [-0.05, 0) is 56.9 Å². The summed E-state index contributed by atoms with van der Waals surface area (Å²) in [6.07, 6.45) is 5.67. The first-order chi connectivity index (χ1) is 15.3. The van der Waals surface area contributed by atoms with Crippen molar-refractivity contribution in [2.45, 2.75) is 77.9 Å². The van der Waals surface area contributed by atoms with Gasteiger partial charge in [0.25, 0.3) is 0 Å². The summed E-state index contributed by atoms with van der Waals surface area (Å²) in [6, 6.07) is 10.9. The van der Waals surface area contributed by atoms with Crippen molar-refractivity contribution in [2.24, 2.45) is 0 Å². The quantitative estimate of drug-likeness (QED) is 0.533. The fourth-order valence-corrected chi connectivity index (χ4v) is 4.78. The van der Waals surface area contributed by atoms with E-state index in [-0.39, 0.29) is 30.8 Å². The van der Waals surface area contributed by atoms with Gasteiger partial charge in [-0.25, -0.2) is 0 Å². The molecule has 2 aromatic carbocycles. The predicted octanol–water partition coefficient (Wildman–Crippen LogP) is 6.02. The van der Waals surface area contributed by atoms with Crippen LogP contribution in [0.2, 0.25) is 10.0 Å². The molecule has 1 saturated carbocycles. The van der Waals surface area contributed by atoms with E-state index in [1.54, 1.807) is 30.0 Å². The largest absolute Gasteiger partial charge is 0.352 e. The van der Waals surface area contributed by atoms with Crippen LogP contribution in [0.5, 0.6) is 0 Å². The summed E-state index contributed by atoms with van der Waals surface area (Å²) in [7, 11) is 0. The monoisotopic (exact) mass is 474 g/mol. The lowest BCUT2D eigenvalue weighted by molar-refractivity contribution is -0.140. The molecular weight excluding hydrogens is 443 g/mol. The van der Waals surface area contributed by atoms with Gasteiger partial charge in [-0.15, -0.1) is 0 Å². The molecule has 1 aliphatic carbocycles. The van der Waals surface area contributed by atoms with Gasteiger partial charge in [-0.2, -0.15) is 0 Å². The number of carbonyl (C=O) groups is 2. The van der Waals surface area contributed by atoms with Gasteiger partial charge in [-0.1, -0.05) is 72.3 Å². The van der Waals surface area contributed by atoms with E-state index in [1.165, 1.54) is 6.42 Å². The third-order valence-corrected chi connectivity index (χ3v) is 7.06. The normalized spacial score (nSPS) is 15.3. The first kappa shape index (κ1) is 24.6. The summed E-state index contributed by atoms with van der Waals surface area (Å²) in [5.74, 6) is -0.254. The van der Waals surface area contributed by atoms with Crippen molar-refractivity contribution in [2.75, 3.05) is 0 Å². The van der Waals surface area contributed by atoms with Crippen LogP contribution in [-0.2, 0) is 22.6 Å². The number of amides is 2. The van der Waals surface area contributed by atoms with Gasteiger partial charge in [0.15, 0.2) is 0 Å². The smallest absolute Gasteiger partial charge is 0.242 e. The molecular formula is C26H32Cl2N2O2. The number of halogens is 2. The van der Waals surface area contributed by atoms with Crippen LogP contribution in [0, 0.1) is 13.8 Å². The standard InChI is InChI=1S/C26H32Cl2N2O2/c1-17-12-13-18(2)20(14-17)15-25(31)30(16-22-23(27)10-7-11-24(22)28)19(3)26(32)29-21-8-5-4-6-9-21/h7,10-14,19,21H,4-6,8-9,15-16H2,1-3H3,(H,29,32)/t19-/m0/s1. The molecule has 0 aromatic heterocycles. The number of nitrogens with zero attached hydrogens (tertiary/aromatic N) is 1. The number of hydrogen-bond donors (Lipinski definition) is 1. The van der Waals surface area contributed by atoms with Gasteiger partial charge in [0, 0.05) is 28.2 Å². The van der Waals surface area contributed by atoms with Crippen molar-refractivity contribution in [3.05, 3.63) is 68.7 Å². The van der Waals surface area contributed by atoms with Crippen molar-refractivity contribution < 1.29 is 9.59 Å². The second-order valence-corrected chi connectivity index (χ2v) is 9.66. The molecule has 0 radical (unpaired) electrons. The highest BCUT2D eigenvalue weighted by Crippen LogP contribution is 2.27. The maximum atomic E-state index is 13.5. The van der Waals surface area contributed by atoms with Gasteiger partial charge < -0.3 is 10.2 Å². The van der Waals surface area contributed by atoms with Crippen LogP contribution in [0.4, 0.5) is 0 Å². The molecule has 0 spiro atoms. The Balaban J connectivity index is 1.84. The summed E-state index contributed by atoms with van der Waals surface area (Å²) in [5.41, 5.74) is 3.77. The van der Waals surface area contributed by atoms with E-state index in [4.69, 9.17) is 23.2 Å². The molecule has 1 aliphatic rings. The number of hydrogen-bond acceptors (Lipinski definition) is 2. The first-order valence-electron chi connectivity index (χ1n) is 11.3. The lowest BCUT2D eigenvalue weighted by Gasteiger charge is -2.32. The maximum Gasteiger partial charge on any atom is 0.242 e. The van der Waals surface area contributed by atoms with E-state index in [9.17, 15) is 9.59 Å². The van der Waals surface area contributed by atoms with Crippen LogP contribution >= 0.6 is 23.2 Å². The van der Waals surface area contributed by atoms with Crippen LogP contribution in [0.25, 0.3) is 0 Å². The molecule has 0 aliphatic heterocycles. The van der Waals surface area contributed by atoms with Gasteiger partial charge in [0.2, 0.25) is 11.8 Å². The number of carbonyl (C=O) groups excluding carboxylic acids is 2. The minimum absolute atomic E-state index is 0.124. The zero-order valence-corrected chi connectivity index (χ0v) is 20.6. The van der Waals surface area contributed by atoms with Crippen molar-refractivity contribution in [1.82, 2.24) is 10.2 Å². The fraction of sp³-hybridized carbons (Fsp3) is 0.462. The van der Waals surface area contributed by atoms with E-state index >= 15 is 0 Å². The first-order valence-corrected chi connectivity index (χ1v) is 12.1. The maximum absolute atomic E-state index is 13.5. The van der Waals surface area contributed by atoms with Gasteiger partial charge in [0.05, 0.1) is 6.42 Å². The Morgan fingerprint density at radius 1 is 1.06 bits per heavy atom. The van der Waals surface area contributed by atoms with Crippen LogP contribution in [-0.4, -0.2) is 28.8 Å². The van der Waals surface area contributed by atoms with Crippen molar-refractivity contribution in [3.8, 4) is 0 Å². The Morgan fingerprint density at radius 3 is 2.38 bits per heavy atom. The Bertz CT molecular complexity index is 950. The summed E-state index contributed by atoms with van der Waals surface area (Å²) < 4.78 is 0. The summed E-state index contributed by atoms with van der Waals surface area (Å²) in [4.78, 5) is 28.2. The van der Waals surface area contributed by atoms with E-state index in [1.807, 2.05) is 32.0 Å². The zero-order valence-electron chi connectivity index (χ0n) is 19.1. The minimum atomic E-state index is -0.637. The Kier molecular flexibility index (Phi) is 8.61. The zero-order chi connectivity index (χ0) is 23.3. The van der Waals surface area contributed by atoms with Gasteiger partial charge in [-0.3, -0.25) is 9.59 Å². The molecule has 6 heteroatoms. The molecule has 4 nitrogen and oxygen atoms in total. The summed E-state index contributed by atoms with van der Waals surface area (Å²) >= 11 is 12.8. The molecule has 172 valence electrons. The number of aryl methyl sites for hydroxylation is 2. The van der Waals surface area contributed by atoms with Crippen LogP contribution in [0.3, 0.4) is 0 Å². The fourth-order valence-electron chi connectivity index (χ4n) is 4.26. The third kappa shape index (κ3) is 6.26. The summed E-state index contributed by atoms with van der Waals surface area (Å²) in [6.45, 7) is 5.97. The Morgan fingerprint density at radius 2 is 1.72 bits per heavy atom. The molecule has 2 aromatic rings. The Hall–Kier alpha value is -2.04. The van der Waals surface area contributed by atoms with E-state index in [2.05, 4.69) is 5.32 Å². The molecule has 0 heterocycles. The number of rotatable bonds is 7. The summed E-state index contributed by atoms with van der Waals surface area (Å²) in [5, 5.41) is 4.13. The van der Waals surface area contributed by atoms with E-state index in [0.29, 0.717) is 15.6 Å². The molecule has 1 fully saturated rings. The molecule has 1 atom stereocenters. The highest BCUT2D eigenvalue weighted by atomic mass is 35.5. The third-order valence-electron chi connectivity index (χ3n) is 6.36. The SMILES string of the molecule is Cc1ccc(C)c(CC(=O)N(Cc2c(Cl)cccc2Cl)[C@@H](C)C(=O)NC2CCCCC2)c1. The van der Waals surface area contributed by atoms with Crippen LogP contribution in [0.15, 0.2) is 36.4 Å². The van der Waals surface area contributed by atoms with Crippen molar-refractivity contribution >= 4 is 35.0 Å². The molecule has 32 heavy (non-hydrogen) atoms. The molecule has 0 unspecified atom stereocenters. The molecule has 2 amide bonds. The molecule has 3 rings (SSSR count). The second-order valence-electron chi connectivity index (χ2n) is 8.85. The Labute approximate surface area is 201 Å². The topological polar surface area (TPSA) is 49.4 Å². The lowest BCUT2D eigenvalue weighted by Crippen LogP contribution is -2.50. The number of benzene rings is 2. The molecule has 1 N–H and O–H groups in total. The van der Waals surface area contributed by atoms with Crippen molar-refractivity contribution in [3.63, 3.8) is 0 Å². The second kappa shape index (κ2) is 11.2. The minimum Gasteiger partial charge on any atom is -0.352 e. The highest BCUT2D eigenvalue weighted by molar-refractivity contribution is 6.36. The predicted molar refractivity (Wildman–Crippen MR) is 131 cm³/mol. The van der Waals surface area contributed by atoms with Gasteiger partial charge in [0.1, 0.15) is 6.04 Å². The molecule has 0 saturated heterocycles. The highest BCUT2D eigenvalue weighted by Gasteiger charge is 2.29. The van der Waals surface area contributed by atoms with E-state index < -0.39 is 6.04 Å². The van der Waals surface area contributed by atoms with E-state index in [0.717, 1.165) is 42.4 Å². The lowest BCUT2D eigenvalue weighted by atomic mass is 9.95.